The van der Waals surface area contributed by atoms with Crippen LogP contribution in [0.1, 0.15) is 11.1 Å². The van der Waals surface area contributed by atoms with Gasteiger partial charge in [-0.15, -0.1) is 0 Å². The van der Waals surface area contributed by atoms with E-state index in [9.17, 15) is 0 Å². The molecule has 0 fully saturated rings. The number of hydrogen-bond donors (Lipinski definition) is 1. The molecule has 1 N–H and O–H groups in total. The summed E-state index contributed by atoms with van der Waals surface area (Å²) in [6.07, 6.45) is 19.9. The van der Waals surface area contributed by atoms with Crippen LogP contribution in [-0.2, 0) is 0 Å². The van der Waals surface area contributed by atoms with Gasteiger partial charge in [-0.05, 0) is 64.2 Å². The summed E-state index contributed by atoms with van der Waals surface area (Å²) >= 11 is 0. The van der Waals surface area contributed by atoms with Gasteiger partial charge >= 0.3 is 0 Å². The van der Waals surface area contributed by atoms with E-state index in [0.717, 1.165) is 28.1 Å². The second kappa shape index (κ2) is 12.9. The van der Waals surface area contributed by atoms with Crippen molar-refractivity contribution < 1.29 is 0 Å². The minimum Gasteiger partial charge on any atom is -0.355 e. The summed E-state index contributed by atoms with van der Waals surface area (Å²) in [4.78, 5) is 2.42. The van der Waals surface area contributed by atoms with Gasteiger partial charge in [0.15, 0.2) is 0 Å². The SMILES string of the molecule is C=C/C=C(Nc1cccc(-c2cccc(-c3ccccc3)c2)c1)\C(=C1\c2ccccc2N1C1=CC2C=CC=CC2C=C1)c1ccccc1. The summed E-state index contributed by atoms with van der Waals surface area (Å²) < 4.78 is 0. The zero-order valence-electron chi connectivity index (χ0n) is 26.7. The lowest BCUT2D eigenvalue weighted by molar-refractivity contribution is 0.652. The highest BCUT2D eigenvalue weighted by molar-refractivity contribution is 6.14. The molecule has 5 aromatic carbocycles. The number of nitrogens with one attached hydrogen (secondary N) is 1. The van der Waals surface area contributed by atoms with Gasteiger partial charge in [0.25, 0.3) is 0 Å². The Kier molecular flexibility index (Phi) is 7.90. The van der Waals surface area contributed by atoms with Crippen molar-refractivity contribution in [3.05, 3.63) is 217 Å². The van der Waals surface area contributed by atoms with Crippen molar-refractivity contribution in [2.75, 3.05) is 10.2 Å². The highest BCUT2D eigenvalue weighted by Gasteiger charge is 2.36. The maximum atomic E-state index is 4.13. The molecule has 2 nitrogen and oxygen atoms in total. The summed E-state index contributed by atoms with van der Waals surface area (Å²) in [7, 11) is 0. The fraction of sp³-hybridized carbons (Fsp3) is 0.0435. The Morgan fingerprint density at radius 1 is 0.625 bits per heavy atom. The van der Waals surface area contributed by atoms with E-state index in [4.69, 9.17) is 0 Å². The second-order valence-electron chi connectivity index (χ2n) is 12.3. The van der Waals surface area contributed by atoms with Crippen molar-refractivity contribution in [3.8, 4) is 22.3 Å². The van der Waals surface area contributed by atoms with Crippen molar-refractivity contribution in [3.63, 3.8) is 0 Å². The first kappa shape index (κ1) is 29.3. The third kappa shape index (κ3) is 5.59. The fourth-order valence-corrected chi connectivity index (χ4v) is 6.95. The number of nitrogens with zero attached hydrogens (tertiary/aromatic N) is 1. The molecule has 2 heteroatoms. The molecule has 48 heavy (non-hydrogen) atoms. The van der Waals surface area contributed by atoms with E-state index in [1.165, 1.54) is 39.3 Å². The predicted octanol–water partition coefficient (Wildman–Crippen LogP) is 11.7. The van der Waals surface area contributed by atoms with Gasteiger partial charge in [-0.3, -0.25) is 0 Å². The first-order valence-corrected chi connectivity index (χ1v) is 16.6. The Balaban J connectivity index is 1.22. The lowest BCUT2D eigenvalue weighted by Crippen LogP contribution is -2.33. The van der Waals surface area contributed by atoms with Gasteiger partial charge in [-0.2, -0.15) is 0 Å². The van der Waals surface area contributed by atoms with Crippen molar-refractivity contribution in [1.29, 1.82) is 0 Å². The maximum absolute atomic E-state index is 4.13. The Labute approximate surface area is 283 Å². The Bertz CT molecular complexity index is 2180. The summed E-state index contributed by atoms with van der Waals surface area (Å²) in [5.74, 6) is 0.739. The Hall–Kier alpha value is -6.12. The molecule has 2 unspecified atom stereocenters. The summed E-state index contributed by atoms with van der Waals surface area (Å²) in [6.45, 7) is 4.13. The first-order chi connectivity index (χ1) is 23.8. The van der Waals surface area contributed by atoms with Gasteiger partial charge in [0, 0.05) is 40.1 Å². The quantitative estimate of drug-likeness (QED) is 0.175. The molecule has 0 radical (unpaired) electrons. The fourth-order valence-electron chi connectivity index (χ4n) is 6.95. The largest absolute Gasteiger partial charge is 0.355 e. The predicted molar refractivity (Wildman–Crippen MR) is 204 cm³/mol. The number of benzene rings is 5. The number of rotatable bonds is 8. The zero-order chi connectivity index (χ0) is 32.3. The molecule has 3 aliphatic rings. The number of hydrogen-bond acceptors (Lipinski definition) is 2. The van der Waals surface area contributed by atoms with Crippen LogP contribution in [0.2, 0.25) is 0 Å². The molecule has 2 aliphatic carbocycles. The number of allylic oxidation sites excluding steroid dienone is 10. The smallest absolute Gasteiger partial charge is 0.0654 e. The summed E-state index contributed by atoms with van der Waals surface area (Å²) in [5.41, 5.74) is 13.8. The normalized spacial score (nSPS) is 18.7. The minimum atomic E-state index is 0.341. The molecule has 0 saturated heterocycles. The van der Waals surface area contributed by atoms with E-state index in [1.807, 2.05) is 6.08 Å². The molecule has 230 valence electrons. The van der Waals surface area contributed by atoms with Gasteiger partial charge < -0.3 is 10.2 Å². The molecular weight excluding hydrogens is 581 g/mol. The number of para-hydroxylation sites is 1. The standard InChI is InChI=1S/C46H36N2/c1-2-15-43(47-40-25-14-24-38(31-40)37-23-13-22-36(30-37)33-16-5-3-6-17-33)45(35-19-7-4-8-20-35)46-42-26-11-12-27-44(42)48(46)41-29-28-34-18-9-10-21-39(34)32-41/h2-32,34,39,47H,1H2/b43-15+,46-45-. The van der Waals surface area contributed by atoms with E-state index >= 15 is 0 Å². The topological polar surface area (TPSA) is 15.3 Å². The van der Waals surface area contributed by atoms with Gasteiger partial charge in [0.1, 0.15) is 0 Å². The third-order valence-corrected chi connectivity index (χ3v) is 9.25. The molecule has 0 aromatic heterocycles. The van der Waals surface area contributed by atoms with Crippen LogP contribution in [0, 0.1) is 11.8 Å². The first-order valence-electron chi connectivity index (χ1n) is 16.6. The van der Waals surface area contributed by atoms with Gasteiger partial charge in [0.2, 0.25) is 0 Å². The highest BCUT2D eigenvalue weighted by Crippen LogP contribution is 2.51. The molecule has 0 saturated carbocycles. The van der Waals surface area contributed by atoms with E-state index in [0.29, 0.717) is 11.8 Å². The third-order valence-electron chi connectivity index (χ3n) is 9.25. The van der Waals surface area contributed by atoms with E-state index in [2.05, 4.69) is 199 Å². The Morgan fingerprint density at radius 3 is 2.06 bits per heavy atom. The van der Waals surface area contributed by atoms with E-state index < -0.39 is 0 Å². The molecule has 0 amide bonds. The van der Waals surface area contributed by atoms with Gasteiger partial charge in [-0.1, -0.05) is 158 Å². The minimum absolute atomic E-state index is 0.341. The van der Waals surface area contributed by atoms with Crippen molar-refractivity contribution in [2.24, 2.45) is 11.8 Å². The molecule has 8 rings (SSSR count). The van der Waals surface area contributed by atoms with E-state index in [1.54, 1.807) is 0 Å². The number of fused-ring (bicyclic) bond motifs is 2. The van der Waals surface area contributed by atoms with Crippen LogP contribution in [0.3, 0.4) is 0 Å². The summed E-state index contributed by atoms with van der Waals surface area (Å²) in [5, 5.41) is 3.83. The zero-order valence-corrected chi connectivity index (χ0v) is 26.7. The van der Waals surface area contributed by atoms with Crippen LogP contribution < -0.4 is 10.2 Å². The average Bonchev–Trinajstić information content (AvgIpc) is 3.15. The molecule has 1 heterocycles. The highest BCUT2D eigenvalue weighted by atomic mass is 15.2. The van der Waals surface area contributed by atoms with Crippen molar-refractivity contribution in [2.45, 2.75) is 0 Å². The molecule has 2 atom stereocenters. The van der Waals surface area contributed by atoms with Crippen LogP contribution in [0.25, 0.3) is 33.5 Å². The van der Waals surface area contributed by atoms with E-state index in [-0.39, 0.29) is 0 Å². The molecule has 0 bridgehead atoms. The van der Waals surface area contributed by atoms with Crippen LogP contribution in [0.4, 0.5) is 11.4 Å². The molecule has 1 aliphatic heterocycles. The molecule has 5 aromatic rings. The average molecular weight is 617 g/mol. The monoisotopic (exact) mass is 616 g/mol. The van der Waals surface area contributed by atoms with Crippen LogP contribution >= 0.6 is 0 Å². The van der Waals surface area contributed by atoms with Crippen LogP contribution in [-0.4, -0.2) is 0 Å². The summed E-state index contributed by atoms with van der Waals surface area (Å²) in [6, 6.07) is 47.4. The van der Waals surface area contributed by atoms with Crippen LogP contribution in [0.5, 0.6) is 0 Å². The van der Waals surface area contributed by atoms with Crippen molar-refractivity contribution >= 4 is 22.6 Å². The lowest BCUT2D eigenvalue weighted by atomic mass is 9.82. The van der Waals surface area contributed by atoms with Crippen LogP contribution in [0.15, 0.2) is 206 Å². The van der Waals surface area contributed by atoms with Gasteiger partial charge in [0.05, 0.1) is 11.4 Å². The van der Waals surface area contributed by atoms with Gasteiger partial charge in [-0.25, -0.2) is 0 Å². The molecular formula is C46H36N2. The molecule has 0 spiro atoms. The second-order valence-corrected chi connectivity index (χ2v) is 12.3. The maximum Gasteiger partial charge on any atom is 0.0654 e. The Morgan fingerprint density at radius 2 is 1.27 bits per heavy atom. The lowest BCUT2D eigenvalue weighted by Gasteiger charge is -2.43. The van der Waals surface area contributed by atoms with Crippen molar-refractivity contribution in [1.82, 2.24) is 0 Å². The number of anilines is 2.